The Labute approximate surface area is 422 Å². The molecule has 8 heterocycles. The molecule has 350 valence electrons. The van der Waals surface area contributed by atoms with Crippen LogP contribution in [0.3, 0.4) is 0 Å². The van der Waals surface area contributed by atoms with Gasteiger partial charge in [-0.25, -0.2) is 0 Å². The highest BCUT2D eigenvalue weighted by Gasteiger charge is 2.38. The van der Waals surface area contributed by atoms with Crippen LogP contribution in [0.5, 0.6) is 0 Å². The average Bonchev–Trinajstić information content (AvgIpc) is 4.15. The molecule has 0 radical (unpaired) electrons. The molecule has 6 nitrogen and oxygen atoms in total. The molecule has 16 heteroatoms. The highest BCUT2D eigenvalue weighted by molar-refractivity contribution is 7.64. The second-order valence-electron chi connectivity index (χ2n) is 15.9. The Morgan fingerprint density at radius 1 is 0.348 bits per heavy atom. The monoisotopic (exact) mass is 1070 g/mol. The fourth-order valence-electron chi connectivity index (χ4n) is 6.96. The molecule has 0 saturated heterocycles. The summed E-state index contributed by atoms with van der Waals surface area (Å²) in [6.07, 6.45) is 6.64. The normalized spacial score (nSPS) is 12.3. The van der Waals surface area contributed by atoms with Crippen molar-refractivity contribution in [2.75, 3.05) is 26.4 Å². The van der Waals surface area contributed by atoms with Crippen LogP contribution in [0, 0.1) is 13.8 Å². The lowest BCUT2D eigenvalue weighted by Crippen LogP contribution is -2.13. The van der Waals surface area contributed by atoms with E-state index in [4.69, 9.17) is 18.1 Å². The van der Waals surface area contributed by atoms with Gasteiger partial charge in [0.15, 0.2) is 0 Å². The van der Waals surface area contributed by atoms with Crippen molar-refractivity contribution in [3.05, 3.63) is 94.7 Å². The summed E-state index contributed by atoms with van der Waals surface area (Å²) < 4.78 is 56.4. The number of hydrogen-bond acceptors (Lipinski definition) is 14. The Morgan fingerprint density at radius 3 is 0.970 bits per heavy atom. The first-order chi connectivity index (χ1) is 32.0. The maximum absolute atomic E-state index is 15.4. The molecule has 0 amide bonds. The third kappa shape index (κ3) is 11.7. The van der Waals surface area contributed by atoms with E-state index in [1.54, 1.807) is 68.0 Å². The van der Waals surface area contributed by atoms with Crippen LogP contribution < -0.4 is 10.6 Å². The molecule has 8 aromatic heterocycles. The molecular formula is C50H56O6P2S8. The van der Waals surface area contributed by atoms with Crippen molar-refractivity contribution in [2.24, 2.45) is 0 Å². The summed E-state index contributed by atoms with van der Waals surface area (Å²) in [7, 11) is -7.67. The van der Waals surface area contributed by atoms with Gasteiger partial charge in [0.25, 0.3) is 0 Å². The van der Waals surface area contributed by atoms with Crippen LogP contribution >= 0.6 is 106 Å². The third-order valence-corrected chi connectivity index (χ3v) is 24.8. The highest BCUT2D eigenvalue weighted by Crippen LogP contribution is 2.58. The van der Waals surface area contributed by atoms with E-state index in [-0.39, 0.29) is 0 Å². The van der Waals surface area contributed by atoms with Crippen LogP contribution in [0.1, 0.15) is 88.8 Å². The molecule has 0 aliphatic rings. The Bertz CT molecular complexity index is 2890. The molecule has 8 aromatic rings. The summed E-state index contributed by atoms with van der Waals surface area (Å²) >= 11 is 13.8. The smallest absolute Gasteiger partial charge is 0.305 e. The zero-order valence-corrected chi connectivity index (χ0v) is 46.5. The van der Waals surface area contributed by atoms with Gasteiger partial charge in [0.2, 0.25) is 0 Å². The fraction of sp³-hybridized carbons (Fsp3) is 0.360. The van der Waals surface area contributed by atoms with Crippen LogP contribution in [-0.2, 0) is 27.2 Å². The van der Waals surface area contributed by atoms with E-state index in [0.29, 0.717) is 37.0 Å². The summed E-state index contributed by atoms with van der Waals surface area (Å²) in [5.41, 5.74) is 0. The number of unbranched alkanes of at least 4 members (excludes halogenated alkanes) is 4. The van der Waals surface area contributed by atoms with E-state index >= 15 is 9.13 Å². The molecule has 0 saturated carbocycles. The van der Waals surface area contributed by atoms with Crippen molar-refractivity contribution < 1.29 is 27.2 Å². The molecule has 0 bridgehead atoms. The topological polar surface area (TPSA) is 71.1 Å². The van der Waals surface area contributed by atoms with Gasteiger partial charge in [0.1, 0.15) is 0 Å². The molecule has 0 aliphatic heterocycles. The van der Waals surface area contributed by atoms with Gasteiger partial charge in [0, 0.05) is 68.3 Å². The highest BCUT2D eigenvalue weighted by atomic mass is 32.1. The predicted molar refractivity (Wildman–Crippen MR) is 295 cm³/mol. The van der Waals surface area contributed by atoms with E-state index in [0.717, 1.165) is 85.5 Å². The Kier molecular flexibility index (Phi) is 17.7. The van der Waals surface area contributed by atoms with Crippen LogP contribution in [0.2, 0.25) is 0 Å². The van der Waals surface area contributed by atoms with Crippen LogP contribution in [-0.4, -0.2) is 26.4 Å². The molecule has 0 fully saturated rings. The second-order valence-corrected chi connectivity index (χ2v) is 28.9. The summed E-state index contributed by atoms with van der Waals surface area (Å²) in [6, 6.07) is 30.2. The maximum Gasteiger partial charge on any atom is 0.362 e. The lowest BCUT2D eigenvalue weighted by molar-refractivity contribution is 0.208. The minimum Gasteiger partial charge on any atom is -0.305 e. The summed E-state index contributed by atoms with van der Waals surface area (Å²) in [4.78, 5) is 17.9. The minimum absolute atomic E-state index is 0.319. The first-order valence-corrected chi connectivity index (χ1v) is 32.3. The largest absolute Gasteiger partial charge is 0.362 e. The van der Waals surface area contributed by atoms with Gasteiger partial charge in [0.05, 0.1) is 46.8 Å². The summed E-state index contributed by atoms with van der Waals surface area (Å²) in [5, 5.41) is 1.09. The Hall–Kier alpha value is -2.10. The first kappa shape index (κ1) is 50.3. The molecule has 8 rings (SSSR count). The van der Waals surface area contributed by atoms with Gasteiger partial charge in [-0.3, -0.25) is 9.13 Å². The van der Waals surface area contributed by atoms with E-state index in [1.807, 2.05) is 34.8 Å². The van der Waals surface area contributed by atoms with Gasteiger partial charge in [-0.05, 0) is 124 Å². The zero-order chi connectivity index (χ0) is 46.3. The van der Waals surface area contributed by atoms with Crippen molar-refractivity contribution in [2.45, 2.75) is 92.9 Å². The lowest BCUT2D eigenvalue weighted by Gasteiger charge is -2.19. The van der Waals surface area contributed by atoms with Crippen LogP contribution in [0.4, 0.5) is 0 Å². The zero-order valence-electron chi connectivity index (χ0n) is 38.2. The maximum atomic E-state index is 15.4. The number of rotatable bonds is 25. The van der Waals surface area contributed by atoms with E-state index in [1.165, 1.54) is 43.9 Å². The van der Waals surface area contributed by atoms with Gasteiger partial charge < -0.3 is 18.1 Å². The molecule has 66 heavy (non-hydrogen) atoms. The number of hydrogen-bond donors (Lipinski definition) is 0. The van der Waals surface area contributed by atoms with Gasteiger partial charge in [-0.2, -0.15) is 0 Å². The van der Waals surface area contributed by atoms with Gasteiger partial charge in [-0.1, -0.05) is 53.4 Å². The van der Waals surface area contributed by atoms with Gasteiger partial charge in [-0.15, -0.1) is 90.7 Å². The Balaban J connectivity index is 1.25. The van der Waals surface area contributed by atoms with Crippen molar-refractivity contribution in [1.29, 1.82) is 0 Å². The van der Waals surface area contributed by atoms with E-state index in [9.17, 15) is 0 Å². The Morgan fingerprint density at radius 2 is 0.621 bits per heavy atom. The third-order valence-electron chi connectivity index (χ3n) is 10.6. The molecule has 0 N–H and O–H groups in total. The van der Waals surface area contributed by atoms with Crippen molar-refractivity contribution >= 4 is 116 Å². The standard InChI is InChI=1S/C50H56O6P2S8/c1-7-11-27-53-57(51,54-28-12-8-2)35-31-47(45-24-23-42(63-45)41-21-19-39(61-41)37-17-15-33(5)59-37)65-50(35)48-32-36(58(52,55-29-13-9-3)56-30-14-10-4)49(66-48)46-26-25-44(64-46)43-22-20-40(62-43)38-18-16-34(6)60-38/h15-26,31-32H,7-14,27-30H2,1-6H3. The minimum atomic E-state index is -3.84. The van der Waals surface area contributed by atoms with Crippen molar-refractivity contribution in [3.63, 3.8) is 0 Å². The molecule has 0 atom stereocenters. The molecule has 0 aliphatic carbocycles. The van der Waals surface area contributed by atoms with Crippen molar-refractivity contribution in [1.82, 2.24) is 0 Å². The number of aryl methyl sites for hydroxylation is 2. The lowest BCUT2D eigenvalue weighted by atomic mass is 10.3. The molecular weight excluding hydrogens is 1020 g/mol. The quantitative estimate of drug-likeness (QED) is 0.0419. The van der Waals surface area contributed by atoms with Gasteiger partial charge >= 0.3 is 15.2 Å². The predicted octanol–water partition coefficient (Wildman–Crippen LogP) is 19.4. The average molecular weight is 1070 g/mol. The SMILES string of the molecule is CCCCOP(=O)(OCCCC)c1cc(-c2ccc(-c3ccc(-c4ccc(C)s4)s3)s2)sc1-c1cc(P(=O)(OCCCC)OCCCC)c(-c2ccc(-c3ccc(-c4ccc(C)s4)s3)s2)s1. The van der Waals surface area contributed by atoms with E-state index < -0.39 is 15.2 Å². The van der Waals surface area contributed by atoms with Crippen LogP contribution in [0.15, 0.2) is 84.9 Å². The first-order valence-electron chi connectivity index (χ1n) is 22.7. The fourth-order valence-corrected chi connectivity index (χ4v) is 20.3. The molecule has 0 aromatic carbocycles. The van der Waals surface area contributed by atoms with Crippen LogP contribution in [0.25, 0.3) is 68.3 Å². The molecule has 0 spiro atoms. The molecule has 0 unspecified atom stereocenters. The second kappa shape index (κ2) is 23.2. The number of thiophene rings is 8. The van der Waals surface area contributed by atoms with Crippen molar-refractivity contribution in [3.8, 4) is 68.3 Å². The van der Waals surface area contributed by atoms with E-state index in [2.05, 4.69) is 114 Å². The summed E-state index contributed by atoms with van der Waals surface area (Å²) in [5.74, 6) is 0. The summed E-state index contributed by atoms with van der Waals surface area (Å²) in [6.45, 7) is 14.0.